The molecular weight excluding hydrogens is 412 g/mol. The molecule has 0 fully saturated rings. The van der Waals surface area contributed by atoms with Gasteiger partial charge in [0.15, 0.2) is 11.5 Å². The van der Waals surface area contributed by atoms with E-state index in [1.165, 1.54) is 23.9 Å². The lowest BCUT2D eigenvalue weighted by atomic mass is 10.1. The molecule has 0 radical (unpaired) electrons. The predicted octanol–water partition coefficient (Wildman–Crippen LogP) is 4.40. The van der Waals surface area contributed by atoms with Gasteiger partial charge in [0.25, 0.3) is 11.6 Å². The van der Waals surface area contributed by atoms with Crippen molar-refractivity contribution in [1.29, 1.82) is 0 Å². The number of hydrogen-bond acceptors (Lipinski definition) is 6. The molecule has 1 aromatic heterocycles. The summed E-state index contributed by atoms with van der Waals surface area (Å²) in [6, 6.07) is 11.0. The average molecular weight is 431 g/mol. The SMILES string of the molecule is CCOc1cc(C(=O)Nc2cc(C)nn2-c2cccc(Cl)c2)c([N+](=O)[O-])cc1OC. The van der Waals surface area contributed by atoms with Gasteiger partial charge < -0.3 is 14.8 Å². The molecule has 0 bridgehead atoms. The number of rotatable bonds is 7. The normalized spacial score (nSPS) is 10.5. The van der Waals surface area contributed by atoms with E-state index in [0.29, 0.717) is 28.8 Å². The first kappa shape index (κ1) is 21.1. The first-order valence-corrected chi connectivity index (χ1v) is 9.35. The zero-order chi connectivity index (χ0) is 21.8. The molecule has 9 nitrogen and oxygen atoms in total. The van der Waals surface area contributed by atoms with Crippen LogP contribution in [0.5, 0.6) is 11.5 Å². The molecule has 1 amide bonds. The Kier molecular flexibility index (Phi) is 6.22. The number of hydrogen-bond donors (Lipinski definition) is 1. The number of ether oxygens (including phenoxy) is 2. The minimum absolute atomic E-state index is 0.166. The van der Waals surface area contributed by atoms with E-state index < -0.39 is 16.5 Å². The number of carbonyl (C=O) groups is 1. The number of halogens is 1. The van der Waals surface area contributed by atoms with Gasteiger partial charge in [-0.05, 0) is 32.0 Å². The molecule has 0 aliphatic carbocycles. The van der Waals surface area contributed by atoms with Gasteiger partial charge in [-0.15, -0.1) is 0 Å². The van der Waals surface area contributed by atoms with Crippen LogP contribution in [0, 0.1) is 17.0 Å². The summed E-state index contributed by atoms with van der Waals surface area (Å²) < 4.78 is 12.1. The molecule has 1 heterocycles. The van der Waals surface area contributed by atoms with E-state index in [-0.39, 0.29) is 17.1 Å². The number of anilines is 1. The summed E-state index contributed by atoms with van der Waals surface area (Å²) in [7, 11) is 1.37. The lowest BCUT2D eigenvalue weighted by Crippen LogP contribution is -2.17. The Morgan fingerprint density at radius 1 is 1.27 bits per heavy atom. The van der Waals surface area contributed by atoms with E-state index >= 15 is 0 Å². The topological polar surface area (TPSA) is 109 Å². The highest BCUT2D eigenvalue weighted by Gasteiger charge is 2.26. The smallest absolute Gasteiger partial charge is 0.286 e. The van der Waals surface area contributed by atoms with Crippen LogP contribution in [0.2, 0.25) is 5.02 Å². The summed E-state index contributed by atoms with van der Waals surface area (Å²) in [5.41, 5.74) is 0.703. The van der Waals surface area contributed by atoms with Crippen LogP contribution < -0.4 is 14.8 Å². The Labute approximate surface area is 177 Å². The quantitative estimate of drug-likeness (QED) is 0.439. The van der Waals surface area contributed by atoms with E-state index in [1.807, 2.05) is 0 Å². The number of aromatic nitrogens is 2. The van der Waals surface area contributed by atoms with Crippen molar-refractivity contribution in [3.8, 4) is 17.2 Å². The van der Waals surface area contributed by atoms with Crippen LogP contribution >= 0.6 is 11.6 Å². The molecule has 0 spiro atoms. The molecule has 10 heteroatoms. The second kappa shape index (κ2) is 8.83. The molecule has 30 heavy (non-hydrogen) atoms. The maximum atomic E-state index is 13.0. The molecule has 0 saturated heterocycles. The van der Waals surface area contributed by atoms with Crippen molar-refractivity contribution < 1.29 is 19.2 Å². The first-order valence-electron chi connectivity index (χ1n) is 8.97. The van der Waals surface area contributed by atoms with Crippen molar-refractivity contribution in [3.63, 3.8) is 0 Å². The van der Waals surface area contributed by atoms with Gasteiger partial charge in [-0.1, -0.05) is 17.7 Å². The van der Waals surface area contributed by atoms with E-state index in [9.17, 15) is 14.9 Å². The number of nitro groups is 1. The number of nitrogens with one attached hydrogen (secondary N) is 1. The van der Waals surface area contributed by atoms with Gasteiger partial charge in [-0.2, -0.15) is 5.10 Å². The molecule has 3 aromatic rings. The summed E-state index contributed by atoms with van der Waals surface area (Å²) in [6.07, 6.45) is 0. The number of benzene rings is 2. The Balaban J connectivity index is 2.03. The largest absolute Gasteiger partial charge is 0.493 e. The van der Waals surface area contributed by atoms with Crippen LogP contribution in [0.4, 0.5) is 11.5 Å². The molecule has 0 aliphatic heterocycles. The molecule has 0 aliphatic rings. The van der Waals surface area contributed by atoms with Crippen molar-refractivity contribution in [3.05, 3.63) is 68.9 Å². The molecule has 0 unspecified atom stereocenters. The van der Waals surface area contributed by atoms with E-state index in [4.69, 9.17) is 21.1 Å². The van der Waals surface area contributed by atoms with Crippen LogP contribution in [0.15, 0.2) is 42.5 Å². The van der Waals surface area contributed by atoms with Gasteiger partial charge in [0.1, 0.15) is 11.4 Å². The fourth-order valence-corrected chi connectivity index (χ4v) is 3.07. The predicted molar refractivity (Wildman–Crippen MR) is 112 cm³/mol. The molecule has 0 atom stereocenters. The zero-order valence-corrected chi connectivity index (χ0v) is 17.3. The third-order valence-corrected chi connectivity index (χ3v) is 4.38. The van der Waals surface area contributed by atoms with Gasteiger partial charge in [0, 0.05) is 17.2 Å². The molecule has 156 valence electrons. The van der Waals surface area contributed by atoms with E-state index in [2.05, 4.69) is 10.4 Å². The van der Waals surface area contributed by atoms with Crippen molar-refractivity contribution in [2.45, 2.75) is 13.8 Å². The van der Waals surface area contributed by atoms with Crippen LogP contribution in [0.25, 0.3) is 5.69 Å². The minimum atomic E-state index is -0.687. The molecule has 3 rings (SSSR count). The summed E-state index contributed by atoms with van der Waals surface area (Å²) in [6.45, 7) is 3.82. The van der Waals surface area contributed by atoms with Crippen LogP contribution in [-0.2, 0) is 0 Å². The number of methoxy groups -OCH3 is 1. The monoisotopic (exact) mass is 430 g/mol. The van der Waals surface area contributed by atoms with Crippen molar-refractivity contribution >= 4 is 29.0 Å². The van der Waals surface area contributed by atoms with Crippen LogP contribution in [0.3, 0.4) is 0 Å². The third kappa shape index (κ3) is 4.36. The molecule has 0 saturated carbocycles. The minimum Gasteiger partial charge on any atom is -0.493 e. The Bertz CT molecular complexity index is 1110. The van der Waals surface area contributed by atoms with Crippen LogP contribution in [0.1, 0.15) is 23.0 Å². The molecule has 2 aromatic carbocycles. The first-order chi connectivity index (χ1) is 14.3. The highest BCUT2D eigenvalue weighted by Crippen LogP contribution is 2.35. The molecular formula is C20H19ClN4O5. The number of nitro benzene ring substituents is 1. The summed E-state index contributed by atoms with van der Waals surface area (Å²) >= 11 is 6.06. The van der Waals surface area contributed by atoms with Crippen molar-refractivity contribution in [2.24, 2.45) is 0 Å². The highest BCUT2D eigenvalue weighted by atomic mass is 35.5. The Hall–Kier alpha value is -3.59. The number of amides is 1. The fourth-order valence-electron chi connectivity index (χ4n) is 2.89. The van der Waals surface area contributed by atoms with Crippen molar-refractivity contribution in [1.82, 2.24) is 9.78 Å². The molecule has 1 N–H and O–H groups in total. The number of aryl methyl sites for hydroxylation is 1. The Morgan fingerprint density at radius 3 is 2.67 bits per heavy atom. The third-order valence-electron chi connectivity index (χ3n) is 4.15. The maximum absolute atomic E-state index is 13.0. The van der Waals surface area contributed by atoms with E-state index in [1.54, 1.807) is 44.2 Å². The van der Waals surface area contributed by atoms with Gasteiger partial charge in [0.2, 0.25) is 0 Å². The fraction of sp³-hybridized carbons (Fsp3) is 0.200. The second-order valence-electron chi connectivity index (χ2n) is 6.23. The maximum Gasteiger partial charge on any atom is 0.286 e. The number of nitrogens with zero attached hydrogens (tertiary/aromatic N) is 3. The van der Waals surface area contributed by atoms with Gasteiger partial charge in [-0.25, -0.2) is 4.68 Å². The lowest BCUT2D eigenvalue weighted by Gasteiger charge is -2.13. The van der Waals surface area contributed by atoms with E-state index in [0.717, 1.165) is 0 Å². The summed E-state index contributed by atoms with van der Waals surface area (Å²) in [5.74, 6) is 0.0477. The van der Waals surface area contributed by atoms with Gasteiger partial charge in [-0.3, -0.25) is 14.9 Å². The second-order valence-corrected chi connectivity index (χ2v) is 6.66. The van der Waals surface area contributed by atoms with Crippen LogP contribution in [-0.4, -0.2) is 34.3 Å². The standard InChI is InChI=1S/C20H19ClN4O5/c1-4-30-18-10-15(16(25(27)28)11-17(18)29-3)20(26)22-19-8-12(2)23-24(19)14-7-5-6-13(21)9-14/h5-11H,4H2,1-3H3,(H,22,26). The Morgan fingerprint density at radius 2 is 2.03 bits per heavy atom. The lowest BCUT2D eigenvalue weighted by molar-refractivity contribution is -0.385. The summed E-state index contributed by atoms with van der Waals surface area (Å²) in [4.78, 5) is 23.9. The highest BCUT2D eigenvalue weighted by molar-refractivity contribution is 6.30. The average Bonchev–Trinajstić information content (AvgIpc) is 3.07. The van der Waals surface area contributed by atoms with Crippen molar-refractivity contribution in [2.75, 3.05) is 19.0 Å². The van der Waals surface area contributed by atoms with Gasteiger partial charge in [0.05, 0.1) is 36.1 Å². The number of carbonyl (C=O) groups excluding carboxylic acids is 1. The zero-order valence-electron chi connectivity index (χ0n) is 16.5. The summed E-state index contributed by atoms with van der Waals surface area (Å²) in [5, 5.41) is 19.1. The van der Waals surface area contributed by atoms with Gasteiger partial charge >= 0.3 is 0 Å².